The summed E-state index contributed by atoms with van der Waals surface area (Å²) < 4.78 is 45.1. The van der Waals surface area contributed by atoms with E-state index in [1.807, 2.05) is 41.5 Å². The zero-order valence-corrected chi connectivity index (χ0v) is 29.9. The third-order valence-electron chi connectivity index (χ3n) is 7.30. The second-order valence-corrected chi connectivity index (χ2v) is 16.1. The summed E-state index contributed by atoms with van der Waals surface area (Å²) in [5.41, 5.74) is 2.62. The van der Waals surface area contributed by atoms with Crippen LogP contribution in [0.2, 0.25) is 12.1 Å². The van der Waals surface area contributed by atoms with E-state index >= 15 is 0 Å². The van der Waals surface area contributed by atoms with Crippen molar-refractivity contribution in [2.45, 2.75) is 92.7 Å². The van der Waals surface area contributed by atoms with Gasteiger partial charge in [0.2, 0.25) is 12.7 Å². The van der Waals surface area contributed by atoms with E-state index in [1.54, 1.807) is 0 Å². The molecule has 0 spiro atoms. The maximum absolute atomic E-state index is 6.02. The molecule has 0 unspecified atom stereocenters. The number of aromatic nitrogens is 4. The van der Waals surface area contributed by atoms with Crippen molar-refractivity contribution in [2.24, 2.45) is 0 Å². The molecule has 0 N–H and O–H groups in total. The first-order valence-corrected chi connectivity index (χ1v) is 20.3. The van der Waals surface area contributed by atoms with Crippen LogP contribution in [0, 0.1) is 0 Å². The minimum atomic E-state index is -2.61. The standard InChI is InChI=1S/C32H56N4O6Si2/c1-7-37-43(38-8-2,39-9-3)25-15-19-33-21-23-35(29-33)27-31-17-13-14-18-32(31)28-36-24-22-34(30-36)20-16-26-44(40-10-4,41-11-5)42-12-6/h13-14,17-18,21-24,29-30H,7-12,15-16,19-20,25-28H2,1-6H3/q+2. The van der Waals surface area contributed by atoms with Crippen molar-refractivity contribution in [2.75, 3.05) is 39.6 Å². The first-order valence-electron chi connectivity index (χ1n) is 16.4. The highest BCUT2D eigenvalue weighted by Crippen LogP contribution is 2.20. The average molecular weight is 649 g/mol. The van der Waals surface area contributed by atoms with E-state index in [-0.39, 0.29) is 0 Å². The predicted octanol–water partition coefficient (Wildman–Crippen LogP) is 4.84. The fourth-order valence-electron chi connectivity index (χ4n) is 5.55. The Hall–Kier alpha value is -2.17. The van der Waals surface area contributed by atoms with E-state index in [2.05, 4.69) is 80.0 Å². The molecule has 1 aromatic carbocycles. The Balaban J connectivity index is 1.56. The van der Waals surface area contributed by atoms with Crippen LogP contribution in [-0.2, 0) is 52.7 Å². The van der Waals surface area contributed by atoms with Gasteiger partial charge in [0, 0.05) is 62.9 Å². The molecule has 246 valence electrons. The molecule has 2 aromatic heterocycles. The summed E-state index contributed by atoms with van der Waals surface area (Å²) in [4.78, 5) is 0. The van der Waals surface area contributed by atoms with Gasteiger partial charge in [-0.05, 0) is 54.4 Å². The normalized spacial score (nSPS) is 12.3. The van der Waals surface area contributed by atoms with Crippen molar-refractivity contribution in [3.8, 4) is 0 Å². The second-order valence-electron chi connectivity index (χ2n) is 10.6. The molecule has 0 amide bonds. The predicted molar refractivity (Wildman–Crippen MR) is 174 cm³/mol. The van der Waals surface area contributed by atoms with Gasteiger partial charge in [0.1, 0.15) is 37.9 Å². The van der Waals surface area contributed by atoms with Crippen molar-refractivity contribution in [1.29, 1.82) is 0 Å². The summed E-state index contributed by atoms with van der Waals surface area (Å²) >= 11 is 0. The molecule has 0 saturated heterocycles. The molecule has 0 aliphatic rings. The van der Waals surface area contributed by atoms with Gasteiger partial charge in [-0.25, -0.2) is 18.3 Å². The summed E-state index contributed by atoms with van der Waals surface area (Å²) in [6.07, 6.45) is 14.8. The third kappa shape index (κ3) is 11.3. The van der Waals surface area contributed by atoms with Gasteiger partial charge in [-0.1, -0.05) is 24.3 Å². The number of hydrogen-bond acceptors (Lipinski definition) is 6. The molecule has 0 aliphatic heterocycles. The Labute approximate surface area is 267 Å². The smallest absolute Gasteiger partial charge is 0.374 e. The number of aryl methyl sites for hydroxylation is 2. The highest BCUT2D eigenvalue weighted by atomic mass is 28.4. The van der Waals surface area contributed by atoms with Crippen LogP contribution in [0.4, 0.5) is 0 Å². The minimum absolute atomic E-state index is 0.609. The Bertz CT molecular complexity index is 1080. The molecule has 10 nitrogen and oxygen atoms in total. The van der Waals surface area contributed by atoms with Crippen molar-refractivity contribution in [1.82, 2.24) is 9.13 Å². The molecule has 0 fully saturated rings. The summed E-state index contributed by atoms with van der Waals surface area (Å²) in [7, 11) is -5.23. The van der Waals surface area contributed by atoms with Crippen LogP contribution in [0.5, 0.6) is 0 Å². The summed E-state index contributed by atoms with van der Waals surface area (Å²) in [5, 5.41) is 0. The van der Waals surface area contributed by atoms with Crippen molar-refractivity contribution < 1.29 is 35.7 Å². The molecule has 44 heavy (non-hydrogen) atoms. The van der Waals surface area contributed by atoms with E-state index in [1.165, 1.54) is 11.1 Å². The number of imidazole rings is 2. The van der Waals surface area contributed by atoms with Crippen LogP contribution >= 0.6 is 0 Å². The van der Waals surface area contributed by atoms with Crippen molar-refractivity contribution >= 4 is 17.6 Å². The first kappa shape index (κ1) is 36.3. The maximum atomic E-state index is 6.02. The Morgan fingerprint density at radius 2 is 0.886 bits per heavy atom. The second kappa shape index (κ2) is 19.4. The molecule has 3 rings (SSSR count). The van der Waals surface area contributed by atoms with Gasteiger partial charge < -0.3 is 26.6 Å². The molecule has 0 atom stereocenters. The van der Waals surface area contributed by atoms with Crippen molar-refractivity contribution in [3.05, 3.63) is 72.8 Å². The number of hydrogen-bond donors (Lipinski definition) is 0. The van der Waals surface area contributed by atoms with Crippen molar-refractivity contribution in [3.63, 3.8) is 0 Å². The average Bonchev–Trinajstić information content (AvgIpc) is 3.64. The number of rotatable bonds is 24. The zero-order chi connectivity index (χ0) is 31.7. The minimum Gasteiger partial charge on any atom is -0.374 e. The van der Waals surface area contributed by atoms with E-state index in [0.717, 1.165) is 51.1 Å². The van der Waals surface area contributed by atoms with E-state index in [4.69, 9.17) is 26.6 Å². The van der Waals surface area contributed by atoms with Gasteiger partial charge in [-0.2, -0.15) is 0 Å². The third-order valence-corrected chi connectivity index (χ3v) is 13.6. The maximum Gasteiger partial charge on any atom is 0.501 e. The number of nitrogens with zero attached hydrogens (tertiary/aromatic N) is 4. The van der Waals surface area contributed by atoms with Gasteiger partial charge in [-0.15, -0.1) is 0 Å². The topological polar surface area (TPSA) is 73.0 Å². The quantitative estimate of drug-likeness (QED) is 0.102. The van der Waals surface area contributed by atoms with E-state index in [0.29, 0.717) is 39.6 Å². The van der Waals surface area contributed by atoms with E-state index in [9.17, 15) is 0 Å². The molecule has 0 bridgehead atoms. The molecule has 12 heteroatoms. The number of benzene rings is 1. The van der Waals surface area contributed by atoms with E-state index < -0.39 is 17.6 Å². The van der Waals surface area contributed by atoms with Crippen LogP contribution in [0.1, 0.15) is 65.5 Å². The summed E-state index contributed by atoms with van der Waals surface area (Å²) in [6, 6.07) is 10.3. The lowest BCUT2D eigenvalue weighted by Crippen LogP contribution is -2.46. The lowest BCUT2D eigenvalue weighted by Gasteiger charge is -2.28. The van der Waals surface area contributed by atoms with Gasteiger partial charge in [0.05, 0.1) is 13.1 Å². The van der Waals surface area contributed by atoms with Gasteiger partial charge >= 0.3 is 17.6 Å². The lowest BCUT2D eigenvalue weighted by molar-refractivity contribution is -0.693. The van der Waals surface area contributed by atoms with Gasteiger partial charge in [-0.3, -0.25) is 0 Å². The highest BCUT2D eigenvalue weighted by molar-refractivity contribution is 6.61. The largest absolute Gasteiger partial charge is 0.501 e. The van der Waals surface area contributed by atoms with Crippen LogP contribution in [0.15, 0.2) is 61.7 Å². The lowest BCUT2D eigenvalue weighted by atomic mass is 10.1. The van der Waals surface area contributed by atoms with Gasteiger partial charge in [0.25, 0.3) is 0 Å². The Kier molecular flexibility index (Phi) is 16.0. The Morgan fingerprint density at radius 3 is 1.20 bits per heavy atom. The highest BCUT2D eigenvalue weighted by Gasteiger charge is 2.40. The molecule has 0 radical (unpaired) electrons. The fourth-order valence-corrected chi connectivity index (χ4v) is 10.7. The fraction of sp³-hybridized carbons (Fsp3) is 0.625. The molecule has 3 aromatic rings. The summed E-state index contributed by atoms with van der Waals surface area (Å²) in [6.45, 7) is 19.1. The molecule has 0 saturated carbocycles. The molecule has 0 aliphatic carbocycles. The van der Waals surface area contributed by atoms with Gasteiger partial charge in [0.15, 0.2) is 0 Å². The molecule has 2 heterocycles. The SMILES string of the molecule is CCO[Si](CCCn1cc[n+](Cc2ccccc2C[n+]2ccn(CCC[Si](OCC)(OCC)OCC)c2)c1)(OCC)OCC. The monoisotopic (exact) mass is 648 g/mol. The van der Waals surface area contributed by atoms with Crippen LogP contribution < -0.4 is 9.13 Å². The van der Waals surface area contributed by atoms with Crippen LogP contribution in [0.3, 0.4) is 0 Å². The molecular formula is C32H56N4O6Si2+2. The first-order chi connectivity index (χ1) is 21.4. The molecular weight excluding hydrogens is 593 g/mol. The Morgan fingerprint density at radius 1 is 0.545 bits per heavy atom. The summed E-state index contributed by atoms with van der Waals surface area (Å²) in [5.74, 6) is 0. The zero-order valence-electron chi connectivity index (χ0n) is 27.9. The van der Waals surface area contributed by atoms with Crippen LogP contribution in [0.25, 0.3) is 0 Å². The van der Waals surface area contributed by atoms with Crippen LogP contribution in [-0.4, -0.2) is 66.4 Å².